The Balaban J connectivity index is 1.22. The number of aromatic amines is 1. The first-order valence-electron chi connectivity index (χ1n) is 8.91. The lowest BCUT2D eigenvalue weighted by Crippen LogP contribution is -2.24. The summed E-state index contributed by atoms with van der Waals surface area (Å²) in [4.78, 5) is 32.6. The van der Waals surface area contributed by atoms with E-state index >= 15 is 0 Å². The van der Waals surface area contributed by atoms with Gasteiger partial charge in [0, 0.05) is 30.7 Å². The molecule has 0 aliphatic heterocycles. The highest BCUT2D eigenvalue weighted by molar-refractivity contribution is 7.09. The predicted octanol–water partition coefficient (Wildman–Crippen LogP) is 2.07. The second-order valence-corrected chi connectivity index (χ2v) is 7.04. The predicted molar refractivity (Wildman–Crippen MR) is 107 cm³/mol. The van der Waals surface area contributed by atoms with Gasteiger partial charge >= 0.3 is 0 Å². The van der Waals surface area contributed by atoms with Crippen molar-refractivity contribution in [3.63, 3.8) is 0 Å². The fourth-order valence-corrected chi connectivity index (χ4v) is 3.47. The summed E-state index contributed by atoms with van der Waals surface area (Å²) in [6.45, 7) is 1.69. The Labute approximate surface area is 165 Å². The summed E-state index contributed by atoms with van der Waals surface area (Å²) >= 11 is 1.48. The molecule has 142 valence electrons. The minimum absolute atomic E-state index is 0.217. The number of nitrogens with one attached hydrogen (secondary N) is 3. The molecule has 3 N–H and O–H groups in total. The van der Waals surface area contributed by atoms with Gasteiger partial charge in [-0.2, -0.15) is 0 Å². The Kier molecular flexibility index (Phi) is 5.64. The van der Waals surface area contributed by atoms with E-state index in [2.05, 4.69) is 35.6 Å². The second-order valence-electron chi connectivity index (χ2n) is 6.10. The van der Waals surface area contributed by atoms with Crippen molar-refractivity contribution < 1.29 is 4.79 Å². The van der Waals surface area contributed by atoms with Crippen molar-refractivity contribution in [2.24, 2.45) is 0 Å². The van der Waals surface area contributed by atoms with Crippen LogP contribution in [0.5, 0.6) is 0 Å². The third-order valence-electron chi connectivity index (χ3n) is 4.06. The van der Waals surface area contributed by atoms with Crippen LogP contribution < -0.4 is 10.6 Å². The number of carbonyl (C=O) groups is 1. The number of hydrogen-bond donors (Lipinski definition) is 3. The summed E-state index contributed by atoms with van der Waals surface area (Å²) in [5.41, 5.74) is 2.43. The van der Waals surface area contributed by atoms with Gasteiger partial charge in [0.2, 0.25) is 0 Å². The summed E-state index contributed by atoms with van der Waals surface area (Å²) in [6, 6.07) is 9.70. The summed E-state index contributed by atoms with van der Waals surface area (Å²) < 4.78 is 0. The van der Waals surface area contributed by atoms with Crippen LogP contribution >= 0.6 is 11.3 Å². The molecule has 0 radical (unpaired) electrons. The van der Waals surface area contributed by atoms with Gasteiger partial charge < -0.3 is 15.6 Å². The number of aromatic nitrogens is 5. The van der Waals surface area contributed by atoms with Crippen molar-refractivity contribution >= 4 is 28.3 Å². The maximum absolute atomic E-state index is 12.2. The monoisotopic (exact) mass is 393 g/mol. The van der Waals surface area contributed by atoms with Gasteiger partial charge in [-0.25, -0.2) is 19.9 Å². The zero-order chi connectivity index (χ0) is 19.2. The molecule has 0 fully saturated rings. The van der Waals surface area contributed by atoms with E-state index in [4.69, 9.17) is 0 Å². The number of para-hydroxylation sites is 2. The fraction of sp³-hybridized carbons (Fsp3) is 0.211. The van der Waals surface area contributed by atoms with Crippen molar-refractivity contribution in [3.05, 3.63) is 70.5 Å². The normalized spacial score (nSPS) is 11.0. The molecule has 8 nitrogen and oxygen atoms in total. The lowest BCUT2D eigenvalue weighted by atomic mass is 10.3. The van der Waals surface area contributed by atoms with Crippen LogP contribution in [0, 0.1) is 0 Å². The molecule has 4 rings (SSSR count). The number of nitrogens with zero attached hydrogens (tertiary/aromatic N) is 4. The number of carbonyl (C=O) groups excluding carboxylic acids is 1. The highest BCUT2D eigenvalue weighted by Gasteiger charge is 2.11. The standard InChI is InChI=1S/C19H19N7OS/c27-19(23-11-16-21-7-3-8-22-16)15-12-28-18(26-15)6-9-20-10-17-24-13-4-1-2-5-14(13)25-17/h1-5,7-8,12,20H,6,9-11H2,(H,23,27)(H,24,25). The highest BCUT2D eigenvalue weighted by atomic mass is 32.1. The van der Waals surface area contributed by atoms with Crippen molar-refractivity contribution in [1.29, 1.82) is 0 Å². The van der Waals surface area contributed by atoms with Crippen LogP contribution in [0.15, 0.2) is 48.1 Å². The van der Waals surface area contributed by atoms with E-state index in [-0.39, 0.29) is 12.5 Å². The van der Waals surface area contributed by atoms with Crippen LogP contribution in [-0.4, -0.2) is 37.4 Å². The van der Waals surface area contributed by atoms with E-state index in [1.807, 2.05) is 24.3 Å². The Morgan fingerprint density at radius 1 is 1.07 bits per heavy atom. The second kappa shape index (κ2) is 8.68. The number of benzene rings is 1. The smallest absolute Gasteiger partial charge is 0.271 e. The summed E-state index contributed by atoms with van der Waals surface area (Å²) in [5, 5.41) is 8.82. The maximum atomic E-state index is 12.2. The SMILES string of the molecule is O=C(NCc1ncccn1)c1csc(CCNCc2nc3ccccc3[nH]2)n1. The number of rotatable bonds is 8. The van der Waals surface area contributed by atoms with E-state index in [0.29, 0.717) is 18.1 Å². The van der Waals surface area contributed by atoms with Gasteiger partial charge in [-0.15, -0.1) is 11.3 Å². The molecule has 1 amide bonds. The minimum atomic E-state index is -0.217. The topological polar surface area (TPSA) is 108 Å². The first-order chi connectivity index (χ1) is 13.8. The molecule has 3 aromatic heterocycles. The van der Waals surface area contributed by atoms with Gasteiger partial charge in [0.05, 0.1) is 29.1 Å². The van der Waals surface area contributed by atoms with Crippen LogP contribution in [0.1, 0.15) is 27.1 Å². The molecule has 0 unspecified atom stereocenters. The van der Waals surface area contributed by atoms with E-state index in [0.717, 1.165) is 34.8 Å². The Bertz CT molecular complexity index is 1030. The van der Waals surface area contributed by atoms with Gasteiger partial charge in [0.1, 0.15) is 17.3 Å². The Morgan fingerprint density at radius 3 is 2.79 bits per heavy atom. The van der Waals surface area contributed by atoms with Gasteiger partial charge in [-0.3, -0.25) is 4.79 Å². The fourth-order valence-electron chi connectivity index (χ4n) is 2.69. The molecule has 0 spiro atoms. The molecule has 4 aromatic rings. The quantitative estimate of drug-likeness (QED) is 0.396. The average molecular weight is 393 g/mol. The molecular formula is C19H19N7OS. The number of H-pyrrole nitrogens is 1. The largest absolute Gasteiger partial charge is 0.343 e. The third-order valence-corrected chi connectivity index (χ3v) is 4.97. The van der Waals surface area contributed by atoms with Crippen molar-refractivity contribution in [2.75, 3.05) is 6.54 Å². The lowest BCUT2D eigenvalue weighted by molar-refractivity contribution is 0.0945. The lowest BCUT2D eigenvalue weighted by Gasteiger charge is -2.02. The number of hydrogen-bond acceptors (Lipinski definition) is 7. The van der Waals surface area contributed by atoms with Gasteiger partial charge in [0.15, 0.2) is 0 Å². The molecule has 0 saturated heterocycles. The van der Waals surface area contributed by atoms with Gasteiger partial charge in [-0.05, 0) is 18.2 Å². The van der Waals surface area contributed by atoms with Crippen LogP contribution in [-0.2, 0) is 19.5 Å². The molecule has 0 atom stereocenters. The maximum Gasteiger partial charge on any atom is 0.271 e. The van der Waals surface area contributed by atoms with E-state index < -0.39 is 0 Å². The molecular weight excluding hydrogens is 374 g/mol. The zero-order valence-electron chi connectivity index (χ0n) is 15.1. The van der Waals surface area contributed by atoms with Crippen LogP contribution in [0.2, 0.25) is 0 Å². The molecule has 1 aromatic carbocycles. The van der Waals surface area contributed by atoms with Crippen molar-refractivity contribution in [3.8, 4) is 0 Å². The van der Waals surface area contributed by atoms with Crippen LogP contribution in [0.3, 0.4) is 0 Å². The molecule has 0 bridgehead atoms. The molecule has 0 aliphatic carbocycles. The molecule has 0 saturated carbocycles. The Morgan fingerprint density at radius 2 is 1.93 bits per heavy atom. The first kappa shape index (κ1) is 18.2. The van der Waals surface area contributed by atoms with E-state index in [9.17, 15) is 4.79 Å². The molecule has 0 aliphatic rings. The number of amides is 1. The average Bonchev–Trinajstić information content (AvgIpc) is 3.37. The van der Waals surface area contributed by atoms with E-state index in [1.165, 1.54) is 11.3 Å². The van der Waals surface area contributed by atoms with Crippen molar-refractivity contribution in [2.45, 2.75) is 19.5 Å². The summed E-state index contributed by atoms with van der Waals surface area (Å²) in [5.74, 6) is 1.26. The zero-order valence-corrected chi connectivity index (χ0v) is 15.9. The number of thiazole rings is 1. The van der Waals surface area contributed by atoms with Crippen molar-refractivity contribution in [1.82, 2.24) is 35.6 Å². The Hall–Kier alpha value is -3.17. The number of fused-ring (bicyclic) bond motifs is 1. The molecule has 3 heterocycles. The third kappa shape index (κ3) is 4.56. The highest BCUT2D eigenvalue weighted by Crippen LogP contribution is 2.11. The minimum Gasteiger partial charge on any atom is -0.343 e. The molecule has 9 heteroatoms. The summed E-state index contributed by atoms with van der Waals surface area (Å²) in [6.07, 6.45) is 4.04. The van der Waals surface area contributed by atoms with Crippen LogP contribution in [0.25, 0.3) is 11.0 Å². The number of imidazole rings is 1. The summed E-state index contributed by atoms with van der Waals surface area (Å²) in [7, 11) is 0. The first-order valence-corrected chi connectivity index (χ1v) is 9.79. The van der Waals surface area contributed by atoms with Crippen LogP contribution in [0.4, 0.5) is 0 Å². The van der Waals surface area contributed by atoms with E-state index in [1.54, 1.807) is 23.8 Å². The van der Waals surface area contributed by atoms with Gasteiger partial charge in [0.25, 0.3) is 5.91 Å². The molecule has 28 heavy (non-hydrogen) atoms. The van der Waals surface area contributed by atoms with Gasteiger partial charge in [-0.1, -0.05) is 12.1 Å².